The lowest BCUT2D eigenvalue weighted by atomic mass is 10.0. The summed E-state index contributed by atoms with van der Waals surface area (Å²) >= 11 is 9.17. The molecule has 0 spiro atoms. The molecule has 0 aliphatic rings. The zero-order valence-electron chi connectivity index (χ0n) is 10.8. The number of carbonyl (C=O) groups excluding carboxylic acids is 1. The average molecular weight is 358 g/mol. The van der Waals surface area contributed by atoms with Gasteiger partial charge in [0.05, 0.1) is 18.2 Å². The number of carbonyl (C=O) groups is 1. The van der Waals surface area contributed by atoms with Crippen molar-refractivity contribution in [3.63, 3.8) is 0 Å². The molecule has 0 radical (unpaired) electrons. The van der Waals surface area contributed by atoms with Crippen LogP contribution in [0.25, 0.3) is 0 Å². The molecule has 0 amide bonds. The number of halogens is 3. The van der Waals surface area contributed by atoms with Gasteiger partial charge in [-0.2, -0.15) is 0 Å². The molecule has 0 heterocycles. The van der Waals surface area contributed by atoms with E-state index in [0.717, 1.165) is 10.0 Å². The molecular formula is C15H11BrClFO2. The highest BCUT2D eigenvalue weighted by molar-refractivity contribution is 9.10. The second-order valence-electron chi connectivity index (χ2n) is 4.25. The highest BCUT2D eigenvalue weighted by Crippen LogP contribution is 2.30. The molecule has 2 rings (SSSR count). The second-order valence-corrected chi connectivity index (χ2v) is 5.55. The lowest BCUT2D eigenvalue weighted by molar-refractivity contribution is 0.103. The van der Waals surface area contributed by atoms with E-state index in [1.54, 1.807) is 12.1 Å². The average Bonchev–Trinajstić information content (AvgIpc) is 2.43. The van der Waals surface area contributed by atoms with Gasteiger partial charge in [0.25, 0.3) is 0 Å². The van der Waals surface area contributed by atoms with Gasteiger partial charge in [-0.05, 0) is 42.8 Å². The summed E-state index contributed by atoms with van der Waals surface area (Å²) in [5.41, 5.74) is 1.13. The van der Waals surface area contributed by atoms with E-state index in [2.05, 4.69) is 15.9 Å². The molecule has 0 saturated heterocycles. The summed E-state index contributed by atoms with van der Waals surface area (Å²) in [5.74, 6) is -0.684. The zero-order valence-corrected chi connectivity index (χ0v) is 13.2. The Morgan fingerprint density at radius 1 is 1.25 bits per heavy atom. The molecule has 2 aromatic rings. The topological polar surface area (TPSA) is 26.3 Å². The zero-order chi connectivity index (χ0) is 14.9. The molecule has 2 nitrogen and oxygen atoms in total. The van der Waals surface area contributed by atoms with Crippen molar-refractivity contribution in [1.82, 2.24) is 0 Å². The Kier molecular flexibility index (Phi) is 4.45. The van der Waals surface area contributed by atoms with Crippen molar-refractivity contribution < 1.29 is 13.9 Å². The molecule has 2 aromatic carbocycles. The summed E-state index contributed by atoms with van der Waals surface area (Å²) in [4.78, 5) is 12.5. The first-order chi connectivity index (χ1) is 9.43. The van der Waals surface area contributed by atoms with E-state index >= 15 is 0 Å². The molecule has 0 aromatic heterocycles. The third-order valence-corrected chi connectivity index (χ3v) is 3.99. The SMILES string of the molecule is COc1cc(C)c(Br)cc1C(=O)c1cc(Cl)ccc1F. The maximum Gasteiger partial charge on any atom is 0.199 e. The van der Waals surface area contributed by atoms with Gasteiger partial charge < -0.3 is 4.74 Å². The fraction of sp³-hybridized carbons (Fsp3) is 0.133. The van der Waals surface area contributed by atoms with E-state index in [1.165, 1.54) is 25.3 Å². The number of hydrogen-bond acceptors (Lipinski definition) is 2. The van der Waals surface area contributed by atoms with Gasteiger partial charge in [-0.1, -0.05) is 27.5 Å². The highest BCUT2D eigenvalue weighted by atomic mass is 79.9. The van der Waals surface area contributed by atoms with Crippen molar-refractivity contribution >= 4 is 33.3 Å². The van der Waals surface area contributed by atoms with Gasteiger partial charge in [-0.25, -0.2) is 4.39 Å². The maximum absolute atomic E-state index is 13.8. The standard InChI is InChI=1S/C15H11BrClFO2/c1-8-5-14(20-2)11(7-12(8)16)15(19)10-6-9(17)3-4-13(10)18/h3-7H,1-2H3. The number of ketones is 1. The smallest absolute Gasteiger partial charge is 0.199 e. The van der Waals surface area contributed by atoms with Crippen LogP contribution in [0.1, 0.15) is 21.5 Å². The predicted octanol–water partition coefficient (Wildman–Crippen LogP) is 4.79. The summed E-state index contributed by atoms with van der Waals surface area (Å²) in [6.45, 7) is 1.88. The summed E-state index contributed by atoms with van der Waals surface area (Å²) in [7, 11) is 1.47. The lowest BCUT2D eigenvalue weighted by Gasteiger charge is -2.11. The van der Waals surface area contributed by atoms with Crippen LogP contribution < -0.4 is 4.74 Å². The van der Waals surface area contributed by atoms with Gasteiger partial charge in [0, 0.05) is 9.50 Å². The molecule has 0 saturated carbocycles. The minimum atomic E-state index is -0.613. The molecule has 5 heteroatoms. The Balaban J connectivity index is 2.58. The first-order valence-electron chi connectivity index (χ1n) is 5.78. The Morgan fingerprint density at radius 2 is 1.95 bits per heavy atom. The molecule has 0 fully saturated rings. The van der Waals surface area contributed by atoms with E-state index in [4.69, 9.17) is 16.3 Å². The first-order valence-corrected chi connectivity index (χ1v) is 6.95. The van der Waals surface area contributed by atoms with Gasteiger partial charge in [-0.15, -0.1) is 0 Å². The van der Waals surface area contributed by atoms with Crippen LogP contribution in [-0.2, 0) is 0 Å². The van der Waals surface area contributed by atoms with Crippen LogP contribution in [0.3, 0.4) is 0 Å². The summed E-state index contributed by atoms with van der Waals surface area (Å²) < 4.78 is 19.7. The van der Waals surface area contributed by atoms with E-state index in [9.17, 15) is 9.18 Å². The molecule has 0 bridgehead atoms. The van der Waals surface area contributed by atoms with Crippen molar-refractivity contribution in [2.45, 2.75) is 6.92 Å². The number of methoxy groups -OCH3 is 1. The molecule has 20 heavy (non-hydrogen) atoms. The largest absolute Gasteiger partial charge is 0.496 e. The highest BCUT2D eigenvalue weighted by Gasteiger charge is 2.19. The number of ether oxygens (including phenoxy) is 1. The van der Waals surface area contributed by atoms with Crippen molar-refractivity contribution in [2.75, 3.05) is 7.11 Å². The molecule has 0 aliphatic carbocycles. The quantitative estimate of drug-likeness (QED) is 0.738. The van der Waals surface area contributed by atoms with Crippen molar-refractivity contribution in [2.24, 2.45) is 0 Å². The summed E-state index contributed by atoms with van der Waals surface area (Å²) in [6, 6.07) is 7.23. The number of benzene rings is 2. The van der Waals surface area contributed by atoms with Gasteiger partial charge in [-0.3, -0.25) is 4.79 Å². The third-order valence-electron chi connectivity index (χ3n) is 2.90. The lowest BCUT2D eigenvalue weighted by Crippen LogP contribution is -2.07. The van der Waals surface area contributed by atoms with Gasteiger partial charge in [0.1, 0.15) is 11.6 Å². The Bertz CT molecular complexity index is 686. The van der Waals surface area contributed by atoms with Crippen LogP contribution in [-0.4, -0.2) is 12.9 Å². The van der Waals surface area contributed by atoms with Crippen LogP contribution in [0, 0.1) is 12.7 Å². The summed E-state index contributed by atoms with van der Waals surface area (Å²) in [5, 5.41) is 0.305. The van der Waals surface area contributed by atoms with Crippen LogP contribution in [0.15, 0.2) is 34.8 Å². The van der Waals surface area contributed by atoms with Gasteiger partial charge in [0.2, 0.25) is 0 Å². The normalized spacial score (nSPS) is 10.4. The van der Waals surface area contributed by atoms with E-state index in [1.807, 2.05) is 6.92 Å². The van der Waals surface area contributed by atoms with Crippen LogP contribution in [0.5, 0.6) is 5.75 Å². The fourth-order valence-electron chi connectivity index (χ4n) is 1.82. The second kappa shape index (κ2) is 5.94. The Labute approximate surface area is 129 Å². The van der Waals surface area contributed by atoms with Crippen molar-refractivity contribution in [1.29, 1.82) is 0 Å². The van der Waals surface area contributed by atoms with Crippen LogP contribution >= 0.6 is 27.5 Å². The molecule has 0 unspecified atom stereocenters. The molecule has 0 atom stereocenters. The minimum absolute atomic E-state index is 0.0773. The predicted molar refractivity (Wildman–Crippen MR) is 80.3 cm³/mol. The Morgan fingerprint density at radius 3 is 2.60 bits per heavy atom. The third kappa shape index (κ3) is 2.86. The number of hydrogen-bond donors (Lipinski definition) is 0. The van der Waals surface area contributed by atoms with Gasteiger partial charge >= 0.3 is 0 Å². The molecule has 104 valence electrons. The van der Waals surface area contributed by atoms with Crippen LogP contribution in [0.4, 0.5) is 4.39 Å². The van der Waals surface area contributed by atoms with Crippen molar-refractivity contribution in [3.05, 3.63) is 62.3 Å². The van der Waals surface area contributed by atoms with Crippen molar-refractivity contribution in [3.8, 4) is 5.75 Å². The van der Waals surface area contributed by atoms with E-state index in [0.29, 0.717) is 10.8 Å². The fourth-order valence-corrected chi connectivity index (χ4v) is 2.33. The van der Waals surface area contributed by atoms with E-state index < -0.39 is 11.6 Å². The number of aryl methyl sites for hydroxylation is 1. The summed E-state index contributed by atoms with van der Waals surface area (Å²) in [6.07, 6.45) is 0. The molecular weight excluding hydrogens is 347 g/mol. The monoisotopic (exact) mass is 356 g/mol. The molecule has 0 N–H and O–H groups in total. The minimum Gasteiger partial charge on any atom is -0.496 e. The van der Waals surface area contributed by atoms with Crippen LogP contribution in [0.2, 0.25) is 5.02 Å². The first kappa shape index (κ1) is 15.0. The van der Waals surface area contributed by atoms with Gasteiger partial charge in [0.15, 0.2) is 5.78 Å². The molecule has 0 aliphatic heterocycles. The number of rotatable bonds is 3. The Hall–Kier alpha value is -1.39. The maximum atomic E-state index is 13.8. The van der Waals surface area contributed by atoms with E-state index in [-0.39, 0.29) is 11.1 Å².